The summed E-state index contributed by atoms with van der Waals surface area (Å²) in [6, 6.07) is 0.430. The van der Waals surface area contributed by atoms with E-state index in [1.54, 1.807) is 0 Å². The molecule has 1 N–H and O–H groups in total. The van der Waals surface area contributed by atoms with Gasteiger partial charge in [-0.05, 0) is 46.5 Å². The topological polar surface area (TPSA) is 29.9 Å². The van der Waals surface area contributed by atoms with Crippen molar-refractivity contribution in [2.75, 3.05) is 5.32 Å². The molecule has 3 heteroatoms. The van der Waals surface area contributed by atoms with Crippen molar-refractivity contribution < 1.29 is 0 Å². The summed E-state index contributed by atoms with van der Waals surface area (Å²) in [7, 11) is 0. The summed E-state index contributed by atoms with van der Waals surface area (Å²) in [5.74, 6) is 0.983. The zero-order valence-electron chi connectivity index (χ0n) is 13.3. The van der Waals surface area contributed by atoms with Crippen molar-refractivity contribution in [3.63, 3.8) is 0 Å². The fourth-order valence-corrected chi connectivity index (χ4v) is 2.67. The van der Waals surface area contributed by atoms with Crippen LogP contribution in [0.25, 0.3) is 0 Å². The average Bonchev–Trinajstić information content (AvgIpc) is 2.40. The maximum absolute atomic E-state index is 4.60. The smallest absolute Gasteiger partial charge is 0.203 e. The summed E-state index contributed by atoms with van der Waals surface area (Å²) < 4.78 is 2.21. The largest absolute Gasteiger partial charge is 0.351 e. The molecule has 1 heterocycles. The molecular weight excluding hydrogens is 222 g/mol. The van der Waals surface area contributed by atoms with E-state index in [2.05, 4.69) is 69.5 Å². The minimum Gasteiger partial charge on any atom is -0.351 e. The lowest BCUT2D eigenvalue weighted by Crippen LogP contribution is -2.36. The average molecular weight is 251 g/mol. The molecule has 0 aliphatic carbocycles. The molecule has 0 saturated carbocycles. The van der Waals surface area contributed by atoms with Gasteiger partial charge in [-0.1, -0.05) is 20.8 Å². The van der Waals surface area contributed by atoms with Gasteiger partial charge in [0.25, 0.3) is 0 Å². The van der Waals surface area contributed by atoms with Gasteiger partial charge < -0.3 is 9.88 Å². The molecule has 0 amide bonds. The van der Waals surface area contributed by atoms with E-state index in [1.165, 1.54) is 0 Å². The molecule has 0 fully saturated rings. The van der Waals surface area contributed by atoms with E-state index in [0.717, 1.165) is 18.1 Å². The Kier molecular flexibility index (Phi) is 4.14. The highest BCUT2D eigenvalue weighted by Crippen LogP contribution is 2.30. The van der Waals surface area contributed by atoms with Crippen molar-refractivity contribution >= 4 is 5.95 Å². The van der Waals surface area contributed by atoms with E-state index < -0.39 is 0 Å². The highest BCUT2D eigenvalue weighted by Gasteiger charge is 2.26. The maximum Gasteiger partial charge on any atom is 0.203 e. The van der Waals surface area contributed by atoms with Crippen LogP contribution in [-0.4, -0.2) is 15.1 Å². The zero-order chi connectivity index (χ0) is 14.1. The summed E-state index contributed by atoms with van der Waals surface area (Å²) in [6.07, 6.45) is 3.21. The maximum atomic E-state index is 4.60. The molecule has 0 spiro atoms. The molecule has 18 heavy (non-hydrogen) atoms. The number of nitrogens with one attached hydrogen (secondary N) is 1. The third-order valence-electron chi connectivity index (χ3n) is 2.83. The van der Waals surface area contributed by atoms with Crippen LogP contribution in [0, 0.1) is 12.3 Å². The summed E-state index contributed by atoms with van der Waals surface area (Å²) >= 11 is 0. The Morgan fingerprint density at radius 1 is 1.22 bits per heavy atom. The fraction of sp³-hybridized carbons (Fsp3) is 0.800. The molecule has 0 radical (unpaired) electrons. The first kappa shape index (κ1) is 15.1. The van der Waals surface area contributed by atoms with E-state index in [9.17, 15) is 0 Å². The van der Waals surface area contributed by atoms with Crippen LogP contribution in [-0.2, 0) is 0 Å². The van der Waals surface area contributed by atoms with Crippen molar-refractivity contribution in [3.05, 3.63) is 11.9 Å². The monoisotopic (exact) mass is 251 g/mol. The van der Waals surface area contributed by atoms with Crippen LogP contribution in [0.1, 0.15) is 66.6 Å². The molecule has 104 valence electrons. The van der Waals surface area contributed by atoms with Gasteiger partial charge in [0.05, 0.1) is 5.69 Å². The third-order valence-corrected chi connectivity index (χ3v) is 2.83. The van der Waals surface area contributed by atoms with Crippen molar-refractivity contribution in [2.45, 2.75) is 73.4 Å². The van der Waals surface area contributed by atoms with Gasteiger partial charge in [0.15, 0.2) is 0 Å². The van der Waals surface area contributed by atoms with Crippen LogP contribution < -0.4 is 5.32 Å². The van der Waals surface area contributed by atoms with Gasteiger partial charge in [-0.2, -0.15) is 0 Å². The summed E-state index contributed by atoms with van der Waals surface area (Å²) in [4.78, 5) is 4.60. The molecule has 0 aliphatic rings. The van der Waals surface area contributed by atoms with Crippen LogP contribution in [0.4, 0.5) is 5.95 Å². The van der Waals surface area contributed by atoms with Crippen LogP contribution in [0.15, 0.2) is 6.20 Å². The summed E-state index contributed by atoms with van der Waals surface area (Å²) in [5.41, 5.74) is 1.42. The molecule has 3 nitrogen and oxygen atoms in total. The van der Waals surface area contributed by atoms with Crippen LogP contribution in [0.2, 0.25) is 0 Å². The number of hydrogen-bond acceptors (Lipinski definition) is 2. The Labute approximate surface area is 112 Å². The Morgan fingerprint density at radius 2 is 1.78 bits per heavy atom. The molecule has 0 saturated heterocycles. The van der Waals surface area contributed by atoms with E-state index in [1.807, 2.05) is 6.92 Å². The minimum absolute atomic E-state index is 0.0443. The van der Waals surface area contributed by atoms with Crippen LogP contribution in [0.3, 0.4) is 0 Å². The number of imidazole rings is 1. The second-order valence-electron chi connectivity index (χ2n) is 7.45. The Morgan fingerprint density at radius 3 is 2.22 bits per heavy atom. The van der Waals surface area contributed by atoms with Crippen LogP contribution in [0.5, 0.6) is 0 Å². The Balaban J connectivity index is 2.90. The third kappa shape index (κ3) is 4.35. The zero-order valence-corrected chi connectivity index (χ0v) is 13.3. The standard InChI is InChI=1S/C15H29N3/c1-11(2)18-9-12(3)16-13(18)17-15(7,8)10-14(4,5)6/h9,11H,10H2,1-8H3,(H,16,17). The predicted molar refractivity (Wildman–Crippen MR) is 79.1 cm³/mol. The molecule has 0 aromatic carbocycles. The Bertz CT molecular complexity index is 394. The van der Waals surface area contributed by atoms with Gasteiger partial charge in [-0.15, -0.1) is 0 Å². The van der Waals surface area contributed by atoms with Gasteiger partial charge >= 0.3 is 0 Å². The van der Waals surface area contributed by atoms with Crippen molar-refractivity contribution in [1.82, 2.24) is 9.55 Å². The van der Waals surface area contributed by atoms with Gasteiger partial charge in [-0.3, -0.25) is 0 Å². The number of nitrogens with zero attached hydrogens (tertiary/aromatic N) is 2. The van der Waals surface area contributed by atoms with Gasteiger partial charge in [-0.25, -0.2) is 4.98 Å². The molecule has 0 unspecified atom stereocenters. The summed E-state index contributed by atoms with van der Waals surface area (Å²) in [6.45, 7) is 17.7. The first-order chi connectivity index (χ1) is 8.00. The highest BCUT2D eigenvalue weighted by atomic mass is 15.2. The van der Waals surface area contributed by atoms with E-state index in [-0.39, 0.29) is 5.54 Å². The predicted octanol–water partition coefficient (Wildman–Crippen LogP) is 4.40. The number of hydrogen-bond donors (Lipinski definition) is 1. The SMILES string of the molecule is Cc1cn(C(C)C)c(NC(C)(C)CC(C)(C)C)n1. The molecular formula is C15H29N3. The number of anilines is 1. The lowest BCUT2D eigenvalue weighted by atomic mass is 9.82. The lowest BCUT2D eigenvalue weighted by Gasteiger charge is -2.34. The van der Waals surface area contributed by atoms with Gasteiger partial charge in [0.1, 0.15) is 0 Å². The van der Waals surface area contributed by atoms with Gasteiger partial charge in [0, 0.05) is 17.8 Å². The van der Waals surface area contributed by atoms with Crippen molar-refractivity contribution in [3.8, 4) is 0 Å². The molecule has 0 bridgehead atoms. The lowest BCUT2D eigenvalue weighted by molar-refractivity contribution is 0.300. The Hall–Kier alpha value is -0.990. The highest BCUT2D eigenvalue weighted by molar-refractivity contribution is 5.33. The van der Waals surface area contributed by atoms with Crippen molar-refractivity contribution in [1.29, 1.82) is 0 Å². The first-order valence-electron chi connectivity index (χ1n) is 6.84. The van der Waals surface area contributed by atoms with Crippen molar-refractivity contribution in [2.24, 2.45) is 5.41 Å². The molecule has 1 rings (SSSR count). The molecule has 0 atom stereocenters. The number of rotatable bonds is 4. The minimum atomic E-state index is 0.0443. The van der Waals surface area contributed by atoms with E-state index in [4.69, 9.17) is 0 Å². The molecule has 1 aromatic heterocycles. The molecule has 1 aromatic rings. The van der Waals surface area contributed by atoms with Crippen LogP contribution >= 0.6 is 0 Å². The van der Waals surface area contributed by atoms with E-state index >= 15 is 0 Å². The quantitative estimate of drug-likeness (QED) is 0.859. The molecule has 0 aliphatic heterocycles. The fourth-order valence-electron chi connectivity index (χ4n) is 2.67. The number of aryl methyl sites for hydroxylation is 1. The van der Waals surface area contributed by atoms with E-state index in [0.29, 0.717) is 11.5 Å². The summed E-state index contributed by atoms with van der Waals surface area (Å²) in [5, 5.41) is 3.60. The first-order valence-corrected chi connectivity index (χ1v) is 6.84. The second-order valence-corrected chi connectivity index (χ2v) is 7.45. The normalized spacial score (nSPS) is 13.2. The number of aromatic nitrogens is 2. The van der Waals surface area contributed by atoms with Gasteiger partial charge in [0.2, 0.25) is 5.95 Å². The second kappa shape index (κ2) is 4.94.